The van der Waals surface area contributed by atoms with Gasteiger partial charge in [-0.25, -0.2) is 9.18 Å². The number of carbonyl (C=O) groups excluding carboxylic acids is 1. The van der Waals surface area contributed by atoms with Crippen LogP contribution < -0.4 is 5.32 Å². The average molecular weight is 334 g/mol. The molecule has 2 aliphatic heterocycles. The Labute approximate surface area is 143 Å². The van der Waals surface area contributed by atoms with Gasteiger partial charge in [-0.05, 0) is 44.6 Å². The van der Waals surface area contributed by atoms with E-state index in [1.165, 1.54) is 37.9 Å². The van der Waals surface area contributed by atoms with Crippen molar-refractivity contribution in [2.24, 2.45) is 0 Å². The molecule has 3 rings (SSSR count). The van der Waals surface area contributed by atoms with Gasteiger partial charge >= 0.3 is 6.03 Å². The van der Waals surface area contributed by atoms with Crippen LogP contribution in [0.5, 0.6) is 0 Å². The normalized spacial score (nSPS) is 23.2. The largest absolute Gasteiger partial charge is 0.322 e. The first-order chi connectivity index (χ1) is 11.6. The van der Waals surface area contributed by atoms with Gasteiger partial charge in [0.15, 0.2) is 0 Å². The fourth-order valence-corrected chi connectivity index (χ4v) is 3.58. The van der Waals surface area contributed by atoms with E-state index >= 15 is 0 Å². The van der Waals surface area contributed by atoms with E-state index in [0.717, 1.165) is 32.7 Å². The number of nitrogens with one attached hydrogen (secondary N) is 1. The van der Waals surface area contributed by atoms with Gasteiger partial charge in [0, 0.05) is 44.5 Å². The van der Waals surface area contributed by atoms with Crippen molar-refractivity contribution >= 4 is 11.7 Å². The number of halogens is 1. The van der Waals surface area contributed by atoms with Crippen LogP contribution in [0.25, 0.3) is 0 Å². The molecule has 0 aromatic heterocycles. The summed E-state index contributed by atoms with van der Waals surface area (Å²) in [6.45, 7) is 5.54. The number of carbonyl (C=O) groups is 1. The minimum absolute atomic E-state index is 0.143. The molecule has 2 aliphatic rings. The number of hydrogen-bond donors (Lipinski definition) is 1. The molecule has 132 valence electrons. The van der Waals surface area contributed by atoms with Crippen LogP contribution in [0, 0.1) is 5.82 Å². The van der Waals surface area contributed by atoms with Crippen molar-refractivity contribution < 1.29 is 9.18 Å². The van der Waals surface area contributed by atoms with Gasteiger partial charge < -0.3 is 15.1 Å². The van der Waals surface area contributed by atoms with E-state index in [-0.39, 0.29) is 11.8 Å². The molecule has 2 fully saturated rings. The smallest absolute Gasteiger partial charge is 0.321 e. The van der Waals surface area contributed by atoms with Crippen LogP contribution in [0.1, 0.15) is 19.3 Å². The third-order valence-electron chi connectivity index (χ3n) is 5.13. The number of nitrogens with zero attached hydrogens (tertiary/aromatic N) is 3. The second kappa shape index (κ2) is 7.94. The summed E-state index contributed by atoms with van der Waals surface area (Å²) in [6, 6.07) is 6.52. The average Bonchev–Trinajstić information content (AvgIpc) is 2.57. The highest BCUT2D eigenvalue weighted by molar-refractivity contribution is 5.89. The highest BCUT2D eigenvalue weighted by Gasteiger charge is 2.25. The Morgan fingerprint density at radius 2 is 2.00 bits per heavy atom. The van der Waals surface area contributed by atoms with E-state index in [1.54, 1.807) is 12.1 Å². The molecule has 0 unspecified atom stereocenters. The third-order valence-corrected chi connectivity index (χ3v) is 5.13. The molecule has 0 bridgehead atoms. The van der Waals surface area contributed by atoms with Gasteiger partial charge in [-0.2, -0.15) is 0 Å². The Bertz CT molecular complexity index is 560. The Hall–Kier alpha value is -1.66. The molecule has 2 heterocycles. The Morgan fingerprint density at radius 3 is 2.71 bits per heavy atom. The number of hydrogen-bond acceptors (Lipinski definition) is 3. The SMILES string of the molecule is CN1CCCC[C@H]1CN1CCN(C(=O)Nc2cccc(F)c2)CC1. The van der Waals surface area contributed by atoms with Crippen LogP contribution in [0.4, 0.5) is 14.9 Å². The Morgan fingerprint density at radius 1 is 1.21 bits per heavy atom. The van der Waals surface area contributed by atoms with E-state index in [4.69, 9.17) is 0 Å². The minimum atomic E-state index is -0.339. The molecular formula is C18H27FN4O. The van der Waals surface area contributed by atoms with E-state index in [2.05, 4.69) is 22.2 Å². The lowest BCUT2D eigenvalue weighted by Crippen LogP contribution is -2.53. The van der Waals surface area contributed by atoms with Crippen LogP contribution in [0.2, 0.25) is 0 Å². The van der Waals surface area contributed by atoms with Crippen molar-refractivity contribution in [1.29, 1.82) is 0 Å². The van der Waals surface area contributed by atoms with Crippen molar-refractivity contribution in [3.8, 4) is 0 Å². The number of rotatable bonds is 3. The number of piperazine rings is 1. The first-order valence-corrected chi connectivity index (χ1v) is 8.86. The second-order valence-corrected chi connectivity index (χ2v) is 6.86. The van der Waals surface area contributed by atoms with Crippen molar-refractivity contribution in [1.82, 2.24) is 14.7 Å². The molecule has 0 saturated carbocycles. The predicted octanol–water partition coefficient (Wildman–Crippen LogP) is 2.46. The van der Waals surface area contributed by atoms with Gasteiger partial charge in [0.25, 0.3) is 0 Å². The van der Waals surface area contributed by atoms with Crippen molar-refractivity contribution in [3.63, 3.8) is 0 Å². The molecule has 0 spiro atoms. The third kappa shape index (κ3) is 4.45. The van der Waals surface area contributed by atoms with Gasteiger partial charge in [0.05, 0.1) is 0 Å². The molecule has 6 heteroatoms. The highest BCUT2D eigenvalue weighted by atomic mass is 19.1. The number of likely N-dealkylation sites (tertiary alicyclic amines) is 1. The lowest BCUT2D eigenvalue weighted by molar-refractivity contribution is 0.0956. The molecule has 5 nitrogen and oxygen atoms in total. The van der Waals surface area contributed by atoms with Gasteiger partial charge in [-0.1, -0.05) is 12.5 Å². The summed E-state index contributed by atoms with van der Waals surface area (Å²) < 4.78 is 13.2. The highest BCUT2D eigenvalue weighted by Crippen LogP contribution is 2.17. The van der Waals surface area contributed by atoms with Gasteiger partial charge in [-0.3, -0.25) is 4.90 Å². The van der Waals surface area contributed by atoms with Gasteiger partial charge in [0.1, 0.15) is 5.82 Å². The zero-order valence-corrected chi connectivity index (χ0v) is 14.4. The molecule has 1 N–H and O–H groups in total. The van der Waals surface area contributed by atoms with Crippen LogP contribution in [0.3, 0.4) is 0 Å². The number of piperidine rings is 1. The summed E-state index contributed by atoms with van der Waals surface area (Å²) in [5, 5.41) is 2.78. The molecule has 2 saturated heterocycles. The summed E-state index contributed by atoms with van der Waals surface area (Å²) in [7, 11) is 2.21. The van der Waals surface area contributed by atoms with E-state index in [9.17, 15) is 9.18 Å². The van der Waals surface area contributed by atoms with E-state index in [0.29, 0.717) is 11.7 Å². The fraction of sp³-hybridized carbons (Fsp3) is 0.611. The van der Waals surface area contributed by atoms with Crippen LogP contribution in [0.15, 0.2) is 24.3 Å². The predicted molar refractivity (Wildman–Crippen MR) is 93.7 cm³/mol. The number of benzene rings is 1. The maximum absolute atomic E-state index is 13.2. The molecule has 1 aromatic carbocycles. The maximum Gasteiger partial charge on any atom is 0.321 e. The molecular weight excluding hydrogens is 307 g/mol. The Kier molecular flexibility index (Phi) is 5.68. The molecule has 0 radical (unpaired) electrons. The molecule has 2 amide bonds. The number of amides is 2. The quantitative estimate of drug-likeness (QED) is 0.923. The first-order valence-electron chi connectivity index (χ1n) is 8.86. The second-order valence-electron chi connectivity index (χ2n) is 6.86. The fourth-order valence-electron chi connectivity index (χ4n) is 3.58. The summed E-state index contributed by atoms with van der Waals surface area (Å²) in [6.07, 6.45) is 3.91. The monoisotopic (exact) mass is 334 g/mol. The zero-order valence-electron chi connectivity index (χ0n) is 14.4. The van der Waals surface area contributed by atoms with Crippen molar-refractivity contribution in [2.75, 3.05) is 51.6 Å². The summed E-state index contributed by atoms with van der Waals surface area (Å²) in [4.78, 5) is 19.0. The van der Waals surface area contributed by atoms with Gasteiger partial charge in [-0.15, -0.1) is 0 Å². The summed E-state index contributed by atoms with van der Waals surface area (Å²) in [5.41, 5.74) is 0.506. The maximum atomic E-state index is 13.2. The van der Waals surface area contributed by atoms with Crippen LogP contribution >= 0.6 is 0 Å². The lowest BCUT2D eigenvalue weighted by Gasteiger charge is -2.40. The minimum Gasteiger partial charge on any atom is -0.322 e. The number of urea groups is 1. The Balaban J connectivity index is 1.45. The number of likely N-dealkylation sites (N-methyl/N-ethyl adjacent to an activating group) is 1. The lowest BCUT2D eigenvalue weighted by atomic mass is 10.0. The van der Waals surface area contributed by atoms with Crippen molar-refractivity contribution in [3.05, 3.63) is 30.1 Å². The summed E-state index contributed by atoms with van der Waals surface area (Å²) in [5.74, 6) is -0.339. The van der Waals surface area contributed by atoms with E-state index in [1.807, 2.05) is 4.90 Å². The molecule has 1 aromatic rings. The molecule has 1 atom stereocenters. The summed E-state index contributed by atoms with van der Waals surface area (Å²) >= 11 is 0. The number of anilines is 1. The standard InChI is InChI=1S/C18H27FN4O/c1-21-8-3-2-7-17(21)14-22-9-11-23(12-10-22)18(24)20-16-6-4-5-15(19)13-16/h4-6,13,17H,2-3,7-12,14H2,1H3,(H,20,24)/t17-/m0/s1. The van der Waals surface area contributed by atoms with Crippen LogP contribution in [-0.4, -0.2) is 73.1 Å². The first kappa shape index (κ1) is 17.2. The topological polar surface area (TPSA) is 38.8 Å². The van der Waals surface area contributed by atoms with Crippen LogP contribution in [-0.2, 0) is 0 Å². The van der Waals surface area contributed by atoms with E-state index < -0.39 is 0 Å². The van der Waals surface area contributed by atoms with Crippen molar-refractivity contribution in [2.45, 2.75) is 25.3 Å². The van der Waals surface area contributed by atoms with Gasteiger partial charge in [0.2, 0.25) is 0 Å². The molecule has 0 aliphatic carbocycles. The molecule has 24 heavy (non-hydrogen) atoms. The zero-order chi connectivity index (χ0) is 16.9.